The van der Waals surface area contributed by atoms with Gasteiger partial charge in [0.05, 0.1) is 39.1 Å². The van der Waals surface area contributed by atoms with Crippen molar-refractivity contribution < 1.29 is 4.74 Å². The van der Waals surface area contributed by atoms with Gasteiger partial charge in [-0.25, -0.2) is 0 Å². The van der Waals surface area contributed by atoms with Crippen molar-refractivity contribution in [3.8, 4) is 89.6 Å². The van der Waals surface area contributed by atoms with E-state index in [1.54, 1.807) is 0 Å². The molecule has 106 heavy (non-hydrogen) atoms. The summed E-state index contributed by atoms with van der Waals surface area (Å²) < 4.78 is 12.9. The Balaban J connectivity index is 0.940. The zero-order valence-electron chi connectivity index (χ0n) is 59.0. The van der Waals surface area contributed by atoms with E-state index in [0.717, 1.165) is 144 Å². The first kappa shape index (κ1) is 65.1. The molecule has 0 unspecified atom stereocenters. The number of nitrogens with zero attached hydrogens (tertiary/aromatic N) is 4. The second-order valence-corrected chi connectivity index (χ2v) is 29.1. The van der Waals surface area contributed by atoms with E-state index in [-0.39, 0.29) is 0 Å². The van der Waals surface area contributed by atoms with Gasteiger partial charge in [0.1, 0.15) is 11.5 Å². The monoisotopic (exact) mass is 1420 g/mol. The van der Waals surface area contributed by atoms with E-state index in [2.05, 4.69) is 444 Å². The first-order chi connectivity index (χ1) is 52.1. The largest absolute Gasteiger partial charge is 0.457 e. The minimum atomic E-state index is -0.400. The highest BCUT2D eigenvalue weighted by Crippen LogP contribution is 2.55. The van der Waals surface area contributed by atoms with E-state index in [1.165, 1.54) is 21.5 Å². The zero-order valence-corrected chi connectivity index (χ0v) is 60.6. The van der Waals surface area contributed by atoms with Crippen LogP contribution in [0, 0.1) is 0 Å². The van der Waals surface area contributed by atoms with Crippen LogP contribution in [0.15, 0.2) is 393 Å². The number of hydrogen-bond donors (Lipinski definition) is 0. The van der Waals surface area contributed by atoms with Gasteiger partial charge in [0.2, 0.25) is 0 Å². The second kappa shape index (κ2) is 27.6. The van der Waals surface area contributed by atoms with Gasteiger partial charge in [0.15, 0.2) is 0 Å². The molecular formula is C100H73BrN4O. The Morgan fingerprint density at radius 1 is 0.255 bits per heavy atom. The molecule has 0 aliphatic rings. The van der Waals surface area contributed by atoms with Gasteiger partial charge >= 0.3 is 0 Å². The van der Waals surface area contributed by atoms with E-state index >= 15 is 0 Å². The highest BCUT2D eigenvalue weighted by Gasteiger charge is 2.31. The highest BCUT2D eigenvalue weighted by molar-refractivity contribution is 9.10. The average molecular weight is 1430 g/mol. The fraction of sp³-hybridized carbons (Fsp3) is 0.0400. The molecule has 506 valence electrons. The molecule has 0 N–H and O–H groups in total. The number of benzene rings is 16. The van der Waals surface area contributed by atoms with E-state index in [0.29, 0.717) is 11.5 Å². The maximum absolute atomic E-state index is 7.31. The molecule has 0 fully saturated rings. The fourth-order valence-corrected chi connectivity index (χ4v) is 16.0. The molecular weight excluding hydrogens is 1350 g/mol. The molecule has 18 rings (SSSR count). The minimum Gasteiger partial charge on any atom is -0.457 e. The van der Waals surface area contributed by atoms with Crippen molar-refractivity contribution in [2.24, 2.45) is 0 Å². The summed E-state index contributed by atoms with van der Waals surface area (Å²) in [5.41, 5.74) is 26.1. The summed E-state index contributed by atoms with van der Waals surface area (Å²) in [5.74, 6) is 1.36. The van der Waals surface area contributed by atoms with Crippen LogP contribution < -0.4 is 14.5 Å². The van der Waals surface area contributed by atoms with Crippen LogP contribution in [0.25, 0.3) is 122 Å². The average Bonchev–Trinajstić information content (AvgIpc) is 0.830. The van der Waals surface area contributed by atoms with E-state index in [1.807, 2.05) is 0 Å². The van der Waals surface area contributed by atoms with E-state index in [9.17, 15) is 0 Å². The van der Waals surface area contributed by atoms with Gasteiger partial charge in [-0.3, -0.25) is 0 Å². The van der Waals surface area contributed by atoms with Gasteiger partial charge in [-0.1, -0.05) is 304 Å². The van der Waals surface area contributed by atoms with Crippen LogP contribution in [0.5, 0.6) is 11.5 Å². The lowest BCUT2D eigenvalue weighted by Crippen LogP contribution is -2.19. The summed E-state index contributed by atoms with van der Waals surface area (Å²) in [6.45, 7) is 7.01. The third-order valence-electron chi connectivity index (χ3n) is 20.4. The molecule has 18 aromatic rings. The topological polar surface area (TPSA) is 25.6 Å². The van der Waals surface area contributed by atoms with Crippen molar-refractivity contribution in [3.05, 3.63) is 398 Å². The molecule has 0 amide bonds. The number of para-hydroxylation sites is 4. The van der Waals surface area contributed by atoms with Crippen LogP contribution in [0.3, 0.4) is 0 Å². The molecule has 16 aromatic carbocycles. The quantitative estimate of drug-likeness (QED) is 0.0964. The second-order valence-electron chi connectivity index (χ2n) is 28.2. The van der Waals surface area contributed by atoms with Crippen molar-refractivity contribution in [2.75, 3.05) is 9.80 Å². The number of anilines is 6. The van der Waals surface area contributed by atoms with Gasteiger partial charge in [-0.05, 0) is 165 Å². The zero-order chi connectivity index (χ0) is 71.2. The molecule has 2 heterocycles. The van der Waals surface area contributed by atoms with E-state index < -0.39 is 5.41 Å². The van der Waals surface area contributed by atoms with Gasteiger partial charge in [0.25, 0.3) is 0 Å². The number of rotatable bonds is 16. The molecule has 0 aliphatic carbocycles. The summed E-state index contributed by atoms with van der Waals surface area (Å²) in [5, 5.41) is 4.80. The minimum absolute atomic E-state index is 0.400. The summed E-state index contributed by atoms with van der Waals surface area (Å²) in [6.07, 6.45) is 0. The van der Waals surface area contributed by atoms with Crippen molar-refractivity contribution in [1.29, 1.82) is 0 Å². The Kier molecular flexibility index (Phi) is 17.0. The predicted molar refractivity (Wildman–Crippen MR) is 450 cm³/mol. The molecule has 0 bridgehead atoms. The van der Waals surface area contributed by atoms with Crippen LogP contribution in [0.2, 0.25) is 0 Å². The maximum atomic E-state index is 7.31. The van der Waals surface area contributed by atoms with Crippen LogP contribution in [0.4, 0.5) is 34.1 Å². The van der Waals surface area contributed by atoms with Crippen LogP contribution >= 0.6 is 15.9 Å². The number of halogens is 1. The lowest BCUT2D eigenvalue weighted by Gasteiger charge is -2.36. The third-order valence-corrected chi connectivity index (χ3v) is 20.9. The van der Waals surface area contributed by atoms with Crippen molar-refractivity contribution in [3.63, 3.8) is 0 Å². The molecule has 2 aromatic heterocycles. The SMILES string of the molecule is CC(C)(C)c1cc(N(c2cc(Br)cc(Oc3cccc(-n4c5ccccc5c5ccccc54)c3)c2)c2c(-c3ccccc3)cc(-c3ccccc3)cc2-c2ccccc2)cc(N(c2cccc(-n3c4ccccc4c4ccccc43)c2)c2c(-c3ccccc3)cc(-c3ccccc3)cc2-c2ccccc2)c1. The first-order valence-electron chi connectivity index (χ1n) is 36.2. The van der Waals surface area contributed by atoms with Gasteiger partial charge in [0, 0.05) is 88.8 Å². The Morgan fingerprint density at radius 3 is 0.972 bits per heavy atom. The summed E-state index contributed by atoms with van der Waals surface area (Å²) in [7, 11) is 0. The first-order valence-corrected chi connectivity index (χ1v) is 37.0. The highest BCUT2D eigenvalue weighted by atomic mass is 79.9. The molecule has 0 radical (unpaired) electrons. The van der Waals surface area contributed by atoms with Gasteiger partial charge < -0.3 is 23.7 Å². The molecule has 0 spiro atoms. The summed E-state index contributed by atoms with van der Waals surface area (Å²) in [6, 6.07) is 141. The molecule has 0 saturated heterocycles. The fourth-order valence-electron chi connectivity index (χ4n) is 15.5. The number of fused-ring (bicyclic) bond motifs is 6. The van der Waals surface area contributed by atoms with Crippen molar-refractivity contribution in [2.45, 2.75) is 26.2 Å². The molecule has 0 atom stereocenters. The molecule has 5 nitrogen and oxygen atoms in total. The lowest BCUT2D eigenvalue weighted by molar-refractivity contribution is 0.482. The Hall–Kier alpha value is -13.0. The standard InChI is InChI=1S/C100H73BrN4O/c1-100(2,3)76-60-81(102(78-44-30-45-79(64-78)104-94-52-26-22-48-86(94)87-49-23-27-53-95(87)104)98-90(70-36-14-6-15-37-70)56-74(68-32-10-4-11-33-68)57-91(98)71-38-16-7-17-39-71)65-82(61-76)103(99-92(72-40-18-8-19-41-72)58-75(69-34-12-5-13-35-69)59-93(99)73-42-20-9-21-43-73)83-62-77(101)63-85(67-83)106-84-47-31-46-80(66-84)105-96-54-28-24-50-88(96)89-51-25-29-55-97(89)105/h4-67H,1-3H3. The van der Waals surface area contributed by atoms with E-state index in [4.69, 9.17) is 4.74 Å². The number of ether oxygens (including phenoxy) is 1. The molecule has 0 aliphatic heterocycles. The molecule has 6 heteroatoms. The Labute approximate surface area is 627 Å². The van der Waals surface area contributed by atoms with Gasteiger partial charge in [-0.2, -0.15) is 0 Å². The Bertz CT molecular complexity index is 6050. The lowest BCUT2D eigenvalue weighted by atomic mass is 9.85. The number of aromatic nitrogens is 2. The van der Waals surface area contributed by atoms with Crippen LogP contribution in [-0.2, 0) is 5.41 Å². The smallest absolute Gasteiger partial charge is 0.130 e. The number of hydrogen-bond acceptors (Lipinski definition) is 3. The third kappa shape index (κ3) is 12.3. The maximum Gasteiger partial charge on any atom is 0.130 e. The van der Waals surface area contributed by atoms with Crippen LogP contribution in [-0.4, -0.2) is 9.13 Å². The Morgan fingerprint density at radius 2 is 0.585 bits per heavy atom. The normalized spacial score (nSPS) is 11.6. The molecule has 0 saturated carbocycles. The van der Waals surface area contributed by atoms with Gasteiger partial charge in [-0.15, -0.1) is 0 Å². The van der Waals surface area contributed by atoms with Crippen molar-refractivity contribution in [1.82, 2.24) is 9.13 Å². The van der Waals surface area contributed by atoms with Crippen LogP contribution in [0.1, 0.15) is 26.3 Å². The summed E-state index contributed by atoms with van der Waals surface area (Å²) in [4.78, 5) is 5.06. The predicted octanol–water partition coefficient (Wildman–Crippen LogP) is 28.7. The summed E-state index contributed by atoms with van der Waals surface area (Å²) >= 11 is 4.17. The van der Waals surface area contributed by atoms with Crippen molar-refractivity contribution >= 4 is 93.7 Å².